The van der Waals surface area contributed by atoms with Crippen LogP contribution in [-0.4, -0.2) is 4.98 Å². The number of rotatable bonds is 4. The lowest BCUT2D eigenvalue weighted by Gasteiger charge is -2.11. The molecule has 0 fully saturated rings. The lowest BCUT2D eigenvalue weighted by molar-refractivity contribution is -0.689. The molecule has 3 aromatic rings. The standard InChI is InChI=1S/C20H21N2O/c1-15-11-16(2)20(17(3)12-15)23-19-14-22(10-9-21-19)13-18-7-5-4-6-8-18/h4-12,14H,13H2,1-3H3/q+1. The first-order chi connectivity index (χ1) is 11.1. The zero-order valence-electron chi connectivity index (χ0n) is 13.8. The van der Waals surface area contributed by atoms with Crippen LogP contribution in [0.2, 0.25) is 0 Å². The van der Waals surface area contributed by atoms with E-state index in [1.54, 1.807) is 6.20 Å². The van der Waals surface area contributed by atoms with Gasteiger partial charge in [0.15, 0.2) is 12.7 Å². The maximum atomic E-state index is 6.04. The zero-order valence-corrected chi connectivity index (χ0v) is 13.8. The predicted octanol–water partition coefficient (Wildman–Crippen LogP) is 4.13. The Hall–Kier alpha value is -2.68. The van der Waals surface area contributed by atoms with Crippen molar-refractivity contribution in [3.8, 4) is 11.6 Å². The van der Waals surface area contributed by atoms with Gasteiger partial charge in [-0.1, -0.05) is 48.0 Å². The van der Waals surface area contributed by atoms with E-state index in [1.165, 1.54) is 11.1 Å². The highest BCUT2D eigenvalue weighted by molar-refractivity contribution is 5.44. The first-order valence-electron chi connectivity index (χ1n) is 7.76. The number of nitrogens with zero attached hydrogens (tertiary/aromatic N) is 2. The van der Waals surface area contributed by atoms with Crippen molar-refractivity contribution in [1.29, 1.82) is 0 Å². The third kappa shape index (κ3) is 3.75. The summed E-state index contributed by atoms with van der Waals surface area (Å²) in [6.07, 6.45) is 5.66. The molecule has 23 heavy (non-hydrogen) atoms. The molecule has 0 amide bonds. The van der Waals surface area contributed by atoms with Gasteiger partial charge in [0.2, 0.25) is 6.20 Å². The van der Waals surface area contributed by atoms with E-state index in [-0.39, 0.29) is 0 Å². The molecule has 0 atom stereocenters. The molecule has 0 saturated heterocycles. The van der Waals surface area contributed by atoms with Gasteiger partial charge in [0.25, 0.3) is 5.88 Å². The summed E-state index contributed by atoms with van der Waals surface area (Å²) in [7, 11) is 0. The molecule has 2 aromatic carbocycles. The van der Waals surface area contributed by atoms with Crippen molar-refractivity contribution in [2.24, 2.45) is 0 Å². The van der Waals surface area contributed by atoms with Crippen LogP contribution in [0.15, 0.2) is 61.1 Å². The Kier molecular flexibility index (Phi) is 4.38. The van der Waals surface area contributed by atoms with Gasteiger partial charge in [0.1, 0.15) is 5.75 Å². The van der Waals surface area contributed by atoms with Crippen molar-refractivity contribution in [3.05, 3.63) is 83.3 Å². The molecule has 0 aliphatic carbocycles. The Labute approximate surface area is 137 Å². The van der Waals surface area contributed by atoms with Crippen LogP contribution in [0.3, 0.4) is 0 Å². The smallest absolute Gasteiger partial charge is 0.285 e. The van der Waals surface area contributed by atoms with Gasteiger partial charge in [0.05, 0.1) is 6.20 Å². The van der Waals surface area contributed by atoms with E-state index in [2.05, 4.69) is 54.6 Å². The first kappa shape index (κ1) is 15.2. The van der Waals surface area contributed by atoms with Gasteiger partial charge in [-0.3, -0.25) is 0 Å². The van der Waals surface area contributed by atoms with Gasteiger partial charge in [0, 0.05) is 5.56 Å². The minimum atomic E-state index is 0.610. The van der Waals surface area contributed by atoms with Gasteiger partial charge in [-0.05, 0) is 31.9 Å². The minimum absolute atomic E-state index is 0.610. The molecule has 3 heteroatoms. The van der Waals surface area contributed by atoms with Crippen LogP contribution in [0.5, 0.6) is 11.6 Å². The highest BCUT2D eigenvalue weighted by Gasteiger charge is 2.11. The number of ether oxygens (including phenoxy) is 1. The second-order valence-corrected chi connectivity index (χ2v) is 5.88. The molecule has 1 heterocycles. The molecule has 3 nitrogen and oxygen atoms in total. The molecule has 0 saturated carbocycles. The van der Waals surface area contributed by atoms with Crippen LogP contribution in [-0.2, 0) is 6.54 Å². The van der Waals surface area contributed by atoms with Crippen LogP contribution in [0, 0.1) is 20.8 Å². The molecule has 116 valence electrons. The Morgan fingerprint density at radius 3 is 2.39 bits per heavy atom. The van der Waals surface area contributed by atoms with Gasteiger partial charge in [-0.15, -0.1) is 0 Å². The number of benzene rings is 2. The normalized spacial score (nSPS) is 10.6. The van der Waals surface area contributed by atoms with Crippen LogP contribution in [0.1, 0.15) is 22.3 Å². The molecule has 0 N–H and O–H groups in total. The van der Waals surface area contributed by atoms with E-state index in [9.17, 15) is 0 Å². The van der Waals surface area contributed by atoms with Crippen molar-refractivity contribution in [3.63, 3.8) is 0 Å². The Morgan fingerprint density at radius 1 is 1.00 bits per heavy atom. The van der Waals surface area contributed by atoms with Gasteiger partial charge >= 0.3 is 0 Å². The lowest BCUT2D eigenvalue weighted by atomic mass is 10.1. The lowest BCUT2D eigenvalue weighted by Crippen LogP contribution is -2.33. The van der Waals surface area contributed by atoms with Gasteiger partial charge in [-0.25, -0.2) is 4.98 Å². The number of hydrogen-bond acceptors (Lipinski definition) is 2. The molecule has 3 rings (SSSR count). The summed E-state index contributed by atoms with van der Waals surface area (Å²) >= 11 is 0. The zero-order chi connectivity index (χ0) is 16.2. The van der Waals surface area contributed by atoms with Crippen LogP contribution in [0.4, 0.5) is 0 Å². The quantitative estimate of drug-likeness (QED) is 0.677. The number of hydrogen-bond donors (Lipinski definition) is 0. The van der Waals surface area contributed by atoms with Gasteiger partial charge < -0.3 is 4.74 Å². The average Bonchev–Trinajstić information content (AvgIpc) is 2.52. The Bertz CT molecular complexity index is 790. The van der Waals surface area contributed by atoms with Crippen molar-refractivity contribution >= 4 is 0 Å². The molecule has 0 aliphatic rings. The Morgan fingerprint density at radius 2 is 1.70 bits per heavy atom. The number of aryl methyl sites for hydroxylation is 3. The summed E-state index contributed by atoms with van der Waals surface area (Å²) in [5, 5.41) is 0. The van der Waals surface area contributed by atoms with Crippen molar-refractivity contribution in [2.75, 3.05) is 0 Å². The topological polar surface area (TPSA) is 26.0 Å². The molecular formula is C20H21N2O+. The van der Waals surface area contributed by atoms with E-state index < -0.39 is 0 Å². The molecular weight excluding hydrogens is 284 g/mol. The second-order valence-electron chi connectivity index (χ2n) is 5.88. The van der Waals surface area contributed by atoms with Crippen LogP contribution < -0.4 is 9.30 Å². The van der Waals surface area contributed by atoms with Crippen LogP contribution in [0.25, 0.3) is 0 Å². The van der Waals surface area contributed by atoms with E-state index in [1.807, 2.05) is 30.6 Å². The summed E-state index contributed by atoms with van der Waals surface area (Å²) < 4.78 is 8.12. The summed E-state index contributed by atoms with van der Waals surface area (Å²) in [5.74, 6) is 1.50. The second kappa shape index (κ2) is 6.61. The molecule has 0 unspecified atom stereocenters. The molecule has 0 bridgehead atoms. The van der Waals surface area contributed by atoms with E-state index in [4.69, 9.17) is 4.74 Å². The monoisotopic (exact) mass is 305 g/mol. The largest absolute Gasteiger partial charge is 0.434 e. The maximum Gasteiger partial charge on any atom is 0.285 e. The SMILES string of the molecule is Cc1cc(C)c(Oc2c[n+](Cc3ccccc3)ccn2)c(C)c1. The minimum Gasteiger partial charge on any atom is -0.434 e. The van der Waals surface area contributed by atoms with Crippen LogP contribution >= 0.6 is 0 Å². The van der Waals surface area contributed by atoms with Crippen molar-refractivity contribution < 1.29 is 9.30 Å². The summed E-state index contributed by atoms with van der Waals surface area (Å²) in [6.45, 7) is 7.02. The van der Waals surface area contributed by atoms with Crippen molar-refractivity contribution in [1.82, 2.24) is 4.98 Å². The fraction of sp³-hybridized carbons (Fsp3) is 0.200. The summed E-state index contributed by atoms with van der Waals surface area (Å²) in [5.41, 5.74) is 4.75. The van der Waals surface area contributed by atoms with E-state index in [0.717, 1.165) is 23.4 Å². The molecule has 1 aromatic heterocycles. The molecule has 0 spiro atoms. The number of aromatic nitrogens is 2. The third-order valence-electron chi connectivity index (χ3n) is 3.76. The van der Waals surface area contributed by atoms with E-state index >= 15 is 0 Å². The summed E-state index contributed by atoms with van der Waals surface area (Å²) in [4.78, 5) is 4.34. The maximum absolute atomic E-state index is 6.04. The molecule has 0 radical (unpaired) electrons. The predicted molar refractivity (Wildman–Crippen MR) is 90.7 cm³/mol. The first-order valence-corrected chi connectivity index (χ1v) is 7.76. The van der Waals surface area contributed by atoms with Crippen molar-refractivity contribution in [2.45, 2.75) is 27.3 Å². The summed E-state index contributed by atoms with van der Waals surface area (Å²) in [6, 6.07) is 14.6. The van der Waals surface area contributed by atoms with E-state index in [0.29, 0.717) is 5.88 Å². The highest BCUT2D eigenvalue weighted by Crippen LogP contribution is 2.28. The van der Waals surface area contributed by atoms with Gasteiger partial charge in [-0.2, -0.15) is 4.57 Å². The highest BCUT2D eigenvalue weighted by atomic mass is 16.5. The third-order valence-corrected chi connectivity index (χ3v) is 3.76. The average molecular weight is 305 g/mol. The Balaban J connectivity index is 1.83. The fourth-order valence-electron chi connectivity index (χ4n) is 2.79. The molecule has 0 aliphatic heterocycles. The fourth-order valence-corrected chi connectivity index (χ4v) is 2.79.